The number of carbonyl (C=O) groups is 1. The van der Waals surface area contributed by atoms with Gasteiger partial charge in [-0.1, -0.05) is 0 Å². The maximum absolute atomic E-state index is 12.4. The second-order valence-electron chi connectivity index (χ2n) is 4.99. The summed E-state index contributed by atoms with van der Waals surface area (Å²) in [5.74, 6) is -1.67. The van der Waals surface area contributed by atoms with Gasteiger partial charge in [0, 0.05) is 0 Å². The van der Waals surface area contributed by atoms with Crippen molar-refractivity contribution in [1.29, 1.82) is 0 Å². The third kappa shape index (κ3) is 7.85. The predicted octanol–water partition coefficient (Wildman–Crippen LogP) is 1.24. The standard InChI is InChI=1S/C11H16F6O10S2/c1-3-23-8(18)9(5-25-24-4-2,6-26-28(19,20)10(12,13)14)7-27-29(21,22)11(15,16)17/h3-7H2,1-2H3. The topological polar surface area (TPSA) is 131 Å². The van der Waals surface area contributed by atoms with Gasteiger partial charge in [0.25, 0.3) is 0 Å². The van der Waals surface area contributed by atoms with Crippen molar-refractivity contribution in [3.05, 3.63) is 0 Å². The van der Waals surface area contributed by atoms with Crippen LogP contribution in [0.4, 0.5) is 26.3 Å². The number of esters is 1. The quantitative estimate of drug-likeness (QED) is 0.0755. The van der Waals surface area contributed by atoms with E-state index in [0.29, 0.717) is 0 Å². The highest BCUT2D eigenvalue weighted by atomic mass is 32.2. The first-order valence-electron chi connectivity index (χ1n) is 7.29. The molecule has 0 saturated carbocycles. The van der Waals surface area contributed by atoms with Crippen LogP contribution in [0.3, 0.4) is 0 Å². The Balaban J connectivity index is 5.96. The summed E-state index contributed by atoms with van der Waals surface area (Å²) < 4.78 is 131. The minimum atomic E-state index is -6.32. The molecule has 0 bridgehead atoms. The normalized spacial score (nSPS) is 14.1. The molecule has 29 heavy (non-hydrogen) atoms. The summed E-state index contributed by atoms with van der Waals surface area (Å²) in [4.78, 5) is 20.9. The molecule has 0 aromatic carbocycles. The molecule has 0 amide bonds. The van der Waals surface area contributed by atoms with Crippen LogP contribution < -0.4 is 0 Å². The zero-order valence-electron chi connectivity index (χ0n) is 14.7. The molecule has 0 N–H and O–H groups in total. The SMILES string of the molecule is CCOOCC(COS(=O)(=O)C(F)(F)F)(COS(=O)(=O)C(F)(F)F)C(=O)OCC. The van der Waals surface area contributed by atoms with E-state index in [4.69, 9.17) is 0 Å². The van der Waals surface area contributed by atoms with Gasteiger partial charge in [-0.2, -0.15) is 43.2 Å². The van der Waals surface area contributed by atoms with E-state index in [-0.39, 0.29) is 6.61 Å². The second kappa shape index (κ2) is 10.2. The van der Waals surface area contributed by atoms with Crippen LogP contribution in [-0.4, -0.2) is 66.9 Å². The lowest BCUT2D eigenvalue weighted by Gasteiger charge is -2.29. The maximum atomic E-state index is 12.4. The molecule has 0 atom stereocenters. The lowest BCUT2D eigenvalue weighted by Crippen LogP contribution is -2.48. The Morgan fingerprint density at radius 2 is 1.14 bits per heavy atom. The van der Waals surface area contributed by atoms with Gasteiger partial charge in [0.05, 0.1) is 26.4 Å². The van der Waals surface area contributed by atoms with Gasteiger partial charge in [-0.3, -0.25) is 13.2 Å². The largest absolute Gasteiger partial charge is 0.523 e. The molecule has 18 heteroatoms. The highest BCUT2D eigenvalue weighted by Gasteiger charge is 2.53. The van der Waals surface area contributed by atoms with Crippen LogP contribution in [0.15, 0.2) is 0 Å². The van der Waals surface area contributed by atoms with Gasteiger partial charge in [0.2, 0.25) is 0 Å². The lowest BCUT2D eigenvalue weighted by atomic mass is 9.91. The molecule has 0 rings (SSSR count). The van der Waals surface area contributed by atoms with Gasteiger partial charge in [0.1, 0.15) is 12.0 Å². The van der Waals surface area contributed by atoms with E-state index in [1.807, 2.05) is 0 Å². The van der Waals surface area contributed by atoms with Crippen molar-refractivity contribution in [3.8, 4) is 0 Å². The van der Waals surface area contributed by atoms with E-state index in [9.17, 15) is 48.0 Å². The number of alkyl halides is 6. The number of hydrogen-bond donors (Lipinski definition) is 0. The minimum absolute atomic E-state index is 0.220. The molecule has 0 spiro atoms. The van der Waals surface area contributed by atoms with Gasteiger partial charge in [0.15, 0.2) is 0 Å². The third-order valence-electron chi connectivity index (χ3n) is 2.79. The van der Waals surface area contributed by atoms with Crippen LogP contribution >= 0.6 is 0 Å². The third-order valence-corrected chi connectivity index (χ3v) is 4.78. The molecule has 0 unspecified atom stereocenters. The van der Waals surface area contributed by atoms with E-state index >= 15 is 0 Å². The molecule has 0 aliphatic heterocycles. The average Bonchev–Trinajstić information content (AvgIpc) is 2.55. The Kier molecular flexibility index (Phi) is 9.78. The lowest BCUT2D eigenvalue weighted by molar-refractivity contribution is -0.309. The fourth-order valence-electron chi connectivity index (χ4n) is 1.34. The molecule has 0 aromatic rings. The van der Waals surface area contributed by atoms with Crippen molar-refractivity contribution < 1.29 is 70.9 Å². The predicted molar refractivity (Wildman–Crippen MR) is 78.5 cm³/mol. The summed E-state index contributed by atoms with van der Waals surface area (Å²) in [6.07, 6.45) is 0. The van der Waals surface area contributed by atoms with Crippen molar-refractivity contribution in [2.75, 3.05) is 33.0 Å². The van der Waals surface area contributed by atoms with Crippen molar-refractivity contribution in [1.82, 2.24) is 0 Å². The Labute approximate surface area is 161 Å². The first kappa shape index (κ1) is 27.8. The summed E-state index contributed by atoms with van der Waals surface area (Å²) in [6, 6.07) is 0. The minimum Gasteiger partial charge on any atom is -0.465 e. The highest BCUT2D eigenvalue weighted by Crippen LogP contribution is 2.31. The van der Waals surface area contributed by atoms with E-state index in [2.05, 4.69) is 22.9 Å². The molecule has 0 aliphatic carbocycles. The zero-order chi connectivity index (χ0) is 23.1. The molecular weight excluding hydrogens is 470 g/mol. The van der Waals surface area contributed by atoms with Gasteiger partial charge < -0.3 is 4.74 Å². The molecule has 0 fully saturated rings. The number of ether oxygens (including phenoxy) is 1. The first-order valence-corrected chi connectivity index (χ1v) is 10.1. The van der Waals surface area contributed by atoms with Crippen molar-refractivity contribution in [2.24, 2.45) is 5.41 Å². The van der Waals surface area contributed by atoms with Gasteiger partial charge in [-0.05, 0) is 13.8 Å². The van der Waals surface area contributed by atoms with Crippen LogP contribution in [-0.2, 0) is 47.9 Å². The van der Waals surface area contributed by atoms with Crippen LogP contribution in [0.2, 0.25) is 0 Å². The molecular formula is C11H16F6O10S2. The van der Waals surface area contributed by atoms with E-state index < -0.39 is 69.1 Å². The van der Waals surface area contributed by atoms with Crippen molar-refractivity contribution in [2.45, 2.75) is 24.9 Å². The molecule has 10 nitrogen and oxygen atoms in total. The van der Waals surface area contributed by atoms with E-state index in [1.165, 1.54) is 13.8 Å². The van der Waals surface area contributed by atoms with Gasteiger partial charge >= 0.3 is 37.2 Å². The fourth-order valence-corrected chi connectivity index (χ4v) is 2.37. The summed E-state index contributed by atoms with van der Waals surface area (Å²) in [6.45, 7) is -3.13. The zero-order valence-corrected chi connectivity index (χ0v) is 16.3. The second-order valence-corrected chi connectivity index (χ2v) is 8.21. The number of rotatable bonds is 12. The summed E-state index contributed by atoms with van der Waals surface area (Å²) >= 11 is 0. The molecule has 174 valence electrons. The van der Waals surface area contributed by atoms with Crippen molar-refractivity contribution in [3.63, 3.8) is 0 Å². The molecule has 0 aromatic heterocycles. The Morgan fingerprint density at radius 3 is 1.45 bits per heavy atom. The number of hydrogen-bond acceptors (Lipinski definition) is 10. The van der Waals surface area contributed by atoms with Crippen molar-refractivity contribution >= 4 is 26.2 Å². The summed E-state index contributed by atoms with van der Waals surface area (Å²) in [7, 11) is -12.6. The molecule has 0 saturated heterocycles. The summed E-state index contributed by atoms with van der Waals surface area (Å²) in [5.41, 5.74) is -14.8. The maximum Gasteiger partial charge on any atom is 0.523 e. The average molecular weight is 486 g/mol. The number of carbonyl (C=O) groups excluding carboxylic acids is 1. The Morgan fingerprint density at radius 1 is 0.724 bits per heavy atom. The van der Waals surface area contributed by atoms with Gasteiger partial charge in [-0.15, -0.1) is 0 Å². The van der Waals surface area contributed by atoms with Crippen LogP contribution in [0.1, 0.15) is 13.8 Å². The number of halogens is 6. The summed E-state index contributed by atoms with van der Waals surface area (Å²) in [5, 5.41) is 0. The van der Waals surface area contributed by atoms with Crippen LogP contribution in [0, 0.1) is 5.41 Å². The molecule has 0 aliphatic rings. The van der Waals surface area contributed by atoms with Crippen LogP contribution in [0.25, 0.3) is 0 Å². The Hall–Kier alpha value is -1.21. The molecule has 0 heterocycles. The first-order chi connectivity index (χ1) is 13.0. The Bertz CT molecular complexity index is 695. The monoisotopic (exact) mass is 486 g/mol. The molecule has 0 radical (unpaired) electrons. The van der Waals surface area contributed by atoms with E-state index in [1.54, 1.807) is 0 Å². The van der Waals surface area contributed by atoms with E-state index in [0.717, 1.165) is 0 Å². The van der Waals surface area contributed by atoms with Crippen LogP contribution in [0.5, 0.6) is 0 Å². The smallest absolute Gasteiger partial charge is 0.465 e. The van der Waals surface area contributed by atoms with Gasteiger partial charge in [-0.25, -0.2) is 9.78 Å². The fraction of sp³-hybridized carbons (Fsp3) is 0.909. The highest BCUT2D eigenvalue weighted by molar-refractivity contribution is 7.87.